The summed E-state index contributed by atoms with van der Waals surface area (Å²) < 4.78 is 23.3. The Labute approximate surface area is 73.7 Å². The topological polar surface area (TPSA) is 46.5 Å². The van der Waals surface area contributed by atoms with E-state index in [0.29, 0.717) is 10.8 Å². The molecule has 1 N–H and O–H groups in total. The minimum atomic E-state index is -3.44. The molecule has 3 nitrogen and oxygen atoms in total. The number of rotatable bonds is 2. The quantitative estimate of drug-likeness (QED) is 0.775. The van der Waals surface area contributed by atoms with Crippen molar-refractivity contribution in [3.05, 3.63) is 29.3 Å². The van der Waals surface area contributed by atoms with E-state index in [0.717, 1.165) is 0 Å². The van der Waals surface area contributed by atoms with Crippen LogP contribution in [0.3, 0.4) is 0 Å². The van der Waals surface area contributed by atoms with Gasteiger partial charge < -0.3 is 0 Å². The van der Waals surface area contributed by atoms with E-state index in [1.54, 1.807) is 24.3 Å². The van der Waals surface area contributed by atoms with Crippen molar-refractivity contribution in [2.45, 2.75) is 0 Å². The summed E-state index contributed by atoms with van der Waals surface area (Å²) in [6.07, 6.45) is 0. The number of halogens is 1. The zero-order valence-electron chi connectivity index (χ0n) is 5.45. The van der Waals surface area contributed by atoms with Crippen molar-refractivity contribution in [2.24, 2.45) is 0 Å². The van der Waals surface area contributed by atoms with Crippen LogP contribution in [-0.4, -0.2) is 19.4 Å². The van der Waals surface area contributed by atoms with Gasteiger partial charge in [-0.2, -0.15) is 0 Å². The van der Waals surface area contributed by atoms with Crippen molar-refractivity contribution in [3.63, 3.8) is 0 Å². The van der Waals surface area contributed by atoms with E-state index in [-0.39, 0.29) is 0 Å². The van der Waals surface area contributed by atoms with Crippen molar-refractivity contribution in [3.8, 4) is 5.75 Å². The number of benzene rings is 1. The molecule has 60 valence electrons. The molecule has 1 aromatic rings. The molecule has 0 aliphatic heterocycles. The molecule has 0 aromatic heterocycles. The molecule has 1 aromatic carbocycles. The van der Waals surface area contributed by atoms with Crippen LogP contribution in [0.5, 0.6) is 5.75 Å². The molecule has 0 aliphatic carbocycles. The molecule has 0 saturated heterocycles. The zero-order valence-corrected chi connectivity index (χ0v) is 8.31. The minimum absolute atomic E-state index is 0.377. The molecule has 0 radical (unpaired) electrons. The summed E-state index contributed by atoms with van der Waals surface area (Å²) in [4.78, 5) is 0. The second-order valence-corrected chi connectivity index (χ2v) is 3.80. The van der Waals surface area contributed by atoms with Gasteiger partial charge in [-0.3, -0.25) is 0 Å². The summed E-state index contributed by atoms with van der Waals surface area (Å²) in [5.41, 5.74) is 0. The first-order valence-corrected chi connectivity index (χ1v) is 5.88. The van der Waals surface area contributed by atoms with Gasteiger partial charge in [0, 0.05) is 0 Å². The molecule has 0 bridgehead atoms. The average molecular weight is 236 g/mol. The molecule has 1 atom stereocenters. The van der Waals surface area contributed by atoms with Crippen LogP contribution in [0.15, 0.2) is 24.3 Å². The molecule has 0 spiro atoms. The Morgan fingerprint density at radius 2 is 1.91 bits per heavy atom. The van der Waals surface area contributed by atoms with Crippen LogP contribution in [0, 0.1) is 0 Å². The van der Waals surface area contributed by atoms with E-state index < -0.39 is 15.3 Å². The van der Waals surface area contributed by atoms with Crippen LogP contribution in [0.25, 0.3) is 0 Å². The molecule has 0 amide bonds. The Hall–Kier alpha value is -0.372. The Bertz CT molecular complexity index is 259. The predicted molar refractivity (Wildman–Crippen MR) is 42.1 cm³/mol. The van der Waals surface area contributed by atoms with Crippen molar-refractivity contribution in [1.29, 1.82) is 0 Å². The predicted octanol–water partition coefficient (Wildman–Crippen LogP) is 0.859. The van der Waals surface area contributed by atoms with E-state index in [2.05, 4.69) is 3.73 Å². The standard InChI is InChI=1S/C6H6AsClO3/c8-5-1-3-6(4-2-5)11-7(9)10/h1-4,7H,(H,9,10). The van der Waals surface area contributed by atoms with E-state index in [1.807, 2.05) is 0 Å². The van der Waals surface area contributed by atoms with E-state index in [9.17, 15) is 3.74 Å². The normalized spacial score (nSPS) is 12.5. The first-order valence-electron chi connectivity index (χ1n) is 2.85. The molecular weight excluding hydrogens is 230 g/mol. The second-order valence-electron chi connectivity index (χ2n) is 1.82. The van der Waals surface area contributed by atoms with Crippen LogP contribution in [-0.2, 0) is 3.74 Å². The van der Waals surface area contributed by atoms with Gasteiger partial charge in [0.1, 0.15) is 0 Å². The zero-order chi connectivity index (χ0) is 8.27. The Kier molecular flexibility index (Phi) is 3.06. The summed E-state index contributed by atoms with van der Waals surface area (Å²) in [6, 6.07) is 6.28. The summed E-state index contributed by atoms with van der Waals surface area (Å²) in [5, 5.41) is 0.572. The van der Waals surface area contributed by atoms with Gasteiger partial charge in [-0.1, -0.05) is 0 Å². The van der Waals surface area contributed by atoms with Gasteiger partial charge in [0.15, 0.2) is 0 Å². The third-order valence-electron chi connectivity index (χ3n) is 1.02. The van der Waals surface area contributed by atoms with Crippen LogP contribution >= 0.6 is 11.6 Å². The van der Waals surface area contributed by atoms with E-state index in [4.69, 9.17) is 15.7 Å². The third kappa shape index (κ3) is 3.02. The second kappa shape index (κ2) is 3.86. The Morgan fingerprint density at radius 1 is 1.36 bits per heavy atom. The fraction of sp³-hybridized carbons (Fsp3) is 0. The summed E-state index contributed by atoms with van der Waals surface area (Å²) in [6.45, 7) is 0. The maximum absolute atomic E-state index is 10.2. The molecule has 0 heterocycles. The van der Waals surface area contributed by atoms with Crippen LogP contribution in [0.2, 0.25) is 5.02 Å². The van der Waals surface area contributed by atoms with E-state index >= 15 is 0 Å². The number of hydrogen-bond acceptors (Lipinski definition) is 2. The molecule has 1 unspecified atom stereocenters. The number of hydrogen-bond donors (Lipinski definition) is 1. The molecule has 0 aliphatic rings. The molecule has 0 fully saturated rings. The molecule has 5 heteroatoms. The van der Waals surface area contributed by atoms with Gasteiger partial charge in [-0.25, -0.2) is 0 Å². The van der Waals surface area contributed by atoms with Gasteiger partial charge in [-0.05, 0) is 0 Å². The summed E-state index contributed by atoms with van der Waals surface area (Å²) in [7, 11) is 0. The van der Waals surface area contributed by atoms with Crippen molar-refractivity contribution in [2.75, 3.05) is 0 Å². The molecule has 1 rings (SSSR count). The first-order chi connectivity index (χ1) is 5.18. The van der Waals surface area contributed by atoms with Crippen molar-refractivity contribution >= 4 is 26.9 Å². The SMILES string of the molecule is O=[AsH](O)Oc1ccc(Cl)cc1. The molecule has 0 saturated carbocycles. The summed E-state index contributed by atoms with van der Waals surface area (Å²) in [5.74, 6) is 0.377. The fourth-order valence-corrected chi connectivity index (χ4v) is 1.44. The third-order valence-corrected chi connectivity index (χ3v) is 2.13. The van der Waals surface area contributed by atoms with Gasteiger partial charge >= 0.3 is 73.5 Å². The fourth-order valence-electron chi connectivity index (χ4n) is 0.603. The van der Waals surface area contributed by atoms with Gasteiger partial charge in [0.2, 0.25) is 0 Å². The van der Waals surface area contributed by atoms with Crippen LogP contribution < -0.4 is 3.73 Å². The van der Waals surface area contributed by atoms with E-state index in [1.165, 1.54) is 0 Å². The molecular formula is C6H6AsClO3. The van der Waals surface area contributed by atoms with Gasteiger partial charge in [-0.15, -0.1) is 0 Å². The maximum atomic E-state index is 10.2. The van der Waals surface area contributed by atoms with Gasteiger partial charge in [0.25, 0.3) is 0 Å². The van der Waals surface area contributed by atoms with Gasteiger partial charge in [0.05, 0.1) is 0 Å². The van der Waals surface area contributed by atoms with Crippen LogP contribution in [0.1, 0.15) is 0 Å². The monoisotopic (exact) mass is 236 g/mol. The first kappa shape index (κ1) is 8.72. The average Bonchev–Trinajstić information content (AvgIpc) is 1.93. The molecule has 11 heavy (non-hydrogen) atoms. The Morgan fingerprint density at radius 3 is 2.36 bits per heavy atom. The van der Waals surface area contributed by atoms with Crippen molar-refractivity contribution in [1.82, 2.24) is 0 Å². The van der Waals surface area contributed by atoms with Crippen LogP contribution in [0.4, 0.5) is 0 Å². The van der Waals surface area contributed by atoms with Crippen molar-refractivity contribution < 1.29 is 11.6 Å². The Balaban J connectivity index is 2.74. The summed E-state index contributed by atoms with van der Waals surface area (Å²) >= 11 is 2.12.